The second-order valence-electron chi connectivity index (χ2n) is 6.30. The van der Waals surface area contributed by atoms with Crippen LogP contribution >= 0.6 is 0 Å². The summed E-state index contributed by atoms with van der Waals surface area (Å²) in [5, 5.41) is 8.88. The molecule has 2 rings (SSSR count). The Kier molecular flexibility index (Phi) is 6.56. The molecule has 2 aliphatic rings. The van der Waals surface area contributed by atoms with Crippen molar-refractivity contribution in [2.45, 2.75) is 51.4 Å². The van der Waals surface area contributed by atoms with Crippen molar-refractivity contribution >= 4 is 17.8 Å². The molecule has 8 heteroatoms. The van der Waals surface area contributed by atoms with Crippen molar-refractivity contribution in [1.82, 2.24) is 9.80 Å². The van der Waals surface area contributed by atoms with Crippen molar-refractivity contribution in [2.75, 3.05) is 32.8 Å². The lowest BCUT2D eigenvalue weighted by Gasteiger charge is -2.36. The molecule has 0 spiro atoms. The first-order chi connectivity index (χ1) is 11.4. The predicted octanol–water partition coefficient (Wildman–Crippen LogP) is 0.105. The van der Waals surface area contributed by atoms with E-state index in [9.17, 15) is 14.4 Å². The van der Waals surface area contributed by atoms with Gasteiger partial charge in [0.2, 0.25) is 5.91 Å². The standard InChI is InChI=1S/C16H26N2O6/c1-3-12-4-5-14(24-12)16(22)17-6-7-23-13(8-17)9-18(11(2)19)10-15(20)21/h12-14H,3-10H2,1-2H3,(H,20,21). The van der Waals surface area contributed by atoms with E-state index in [0.717, 1.165) is 19.3 Å². The lowest BCUT2D eigenvalue weighted by atomic mass is 10.1. The van der Waals surface area contributed by atoms with Gasteiger partial charge in [-0.3, -0.25) is 14.4 Å². The van der Waals surface area contributed by atoms with Crippen LogP contribution in [0, 0.1) is 0 Å². The van der Waals surface area contributed by atoms with E-state index in [0.29, 0.717) is 19.7 Å². The van der Waals surface area contributed by atoms with Gasteiger partial charge in [0.25, 0.3) is 5.91 Å². The highest BCUT2D eigenvalue weighted by Gasteiger charge is 2.35. The maximum atomic E-state index is 12.6. The molecule has 2 aliphatic heterocycles. The van der Waals surface area contributed by atoms with Crippen LogP contribution in [0.2, 0.25) is 0 Å². The Bertz CT molecular complexity index is 483. The lowest BCUT2D eigenvalue weighted by Crippen LogP contribution is -2.53. The monoisotopic (exact) mass is 342 g/mol. The fourth-order valence-corrected chi connectivity index (χ4v) is 3.13. The van der Waals surface area contributed by atoms with E-state index in [4.69, 9.17) is 14.6 Å². The van der Waals surface area contributed by atoms with Crippen LogP contribution in [0.5, 0.6) is 0 Å². The Morgan fingerprint density at radius 3 is 2.58 bits per heavy atom. The summed E-state index contributed by atoms with van der Waals surface area (Å²) in [6, 6.07) is 0. The number of morpholine rings is 1. The molecule has 2 heterocycles. The first kappa shape index (κ1) is 18.7. The maximum Gasteiger partial charge on any atom is 0.323 e. The van der Waals surface area contributed by atoms with Crippen LogP contribution < -0.4 is 0 Å². The molecule has 2 saturated heterocycles. The van der Waals surface area contributed by atoms with Crippen LogP contribution in [0.15, 0.2) is 0 Å². The molecule has 0 saturated carbocycles. The number of carboxylic acid groups (broad SMARTS) is 1. The summed E-state index contributed by atoms with van der Waals surface area (Å²) < 4.78 is 11.4. The molecule has 0 radical (unpaired) electrons. The zero-order chi connectivity index (χ0) is 17.7. The van der Waals surface area contributed by atoms with Crippen LogP contribution in [0.1, 0.15) is 33.1 Å². The largest absolute Gasteiger partial charge is 0.480 e. The van der Waals surface area contributed by atoms with Crippen molar-refractivity contribution in [2.24, 2.45) is 0 Å². The Labute approximate surface area is 141 Å². The number of carbonyl (C=O) groups is 3. The first-order valence-corrected chi connectivity index (χ1v) is 8.43. The van der Waals surface area contributed by atoms with Gasteiger partial charge in [-0.1, -0.05) is 6.92 Å². The van der Waals surface area contributed by atoms with Gasteiger partial charge < -0.3 is 24.4 Å². The molecule has 1 N–H and O–H groups in total. The van der Waals surface area contributed by atoms with Crippen LogP contribution in [-0.4, -0.2) is 83.8 Å². The molecule has 8 nitrogen and oxygen atoms in total. The summed E-state index contributed by atoms with van der Waals surface area (Å²) in [5.41, 5.74) is 0. The van der Waals surface area contributed by atoms with E-state index >= 15 is 0 Å². The second-order valence-corrected chi connectivity index (χ2v) is 6.30. The highest BCUT2D eigenvalue weighted by Crippen LogP contribution is 2.24. The fourth-order valence-electron chi connectivity index (χ4n) is 3.13. The summed E-state index contributed by atoms with van der Waals surface area (Å²) >= 11 is 0. The van der Waals surface area contributed by atoms with Crippen molar-refractivity contribution in [3.05, 3.63) is 0 Å². The second kappa shape index (κ2) is 8.43. The molecule has 3 atom stereocenters. The number of rotatable bonds is 6. The van der Waals surface area contributed by atoms with Gasteiger partial charge >= 0.3 is 5.97 Å². The van der Waals surface area contributed by atoms with Gasteiger partial charge in [-0.15, -0.1) is 0 Å². The molecule has 2 amide bonds. The maximum absolute atomic E-state index is 12.6. The van der Waals surface area contributed by atoms with Crippen LogP contribution in [0.25, 0.3) is 0 Å². The Morgan fingerprint density at radius 1 is 1.25 bits per heavy atom. The third-order valence-electron chi connectivity index (χ3n) is 4.48. The van der Waals surface area contributed by atoms with E-state index in [2.05, 4.69) is 0 Å². The molecule has 0 aromatic heterocycles. The van der Waals surface area contributed by atoms with Crippen molar-refractivity contribution in [1.29, 1.82) is 0 Å². The Morgan fingerprint density at radius 2 is 2.00 bits per heavy atom. The Balaban J connectivity index is 1.90. The number of carbonyl (C=O) groups excluding carboxylic acids is 2. The minimum atomic E-state index is -1.07. The number of amides is 2. The molecular formula is C16H26N2O6. The molecule has 0 aromatic carbocycles. The summed E-state index contributed by atoms with van der Waals surface area (Å²) in [7, 11) is 0. The van der Waals surface area contributed by atoms with Gasteiger partial charge in [0.05, 0.1) is 18.8 Å². The fraction of sp³-hybridized carbons (Fsp3) is 0.812. The van der Waals surface area contributed by atoms with E-state index < -0.39 is 12.1 Å². The molecule has 24 heavy (non-hydrogen) atoms. The normalized spacial score (nSPS) is 27.1. The number of aliphatic carboxylic acids is 1. The van der Waals surface area contributed by atoms with Crippen LogP contribution in [0.4, 0.5) is 0 Å². The summed E-state index contributed by atoms with van der Waals surface area (Å²) in [6.45, 7) is 4.37. The first-order valence-electron chi connectivity index (χ1n) is 8.43. The molecule has 3 unspecified atom stereocenters. The van der Waals surface area contributed by atoms with Crippen LogP contribution in [0.3, 0.4) is 0 Å². The molecule has 0 bridgehead atoms. The van der Waals surface area contributed by atoms with E-state index in [-0.39, 0.29) is 37.1 Å². The quantitative estimate of drug-likeness (QED) is 0.736. The summed E-state index contributed by atoms with van der Waals surface area (Å²) in [4.78, 5) is 37.9. The van der Waals surface area contributed by atoms with E-state index in [1.165, 1.54) is 11.8 Å². The van der Waals surface area contributed by atoms with Crippen molar-refractivity contribution < 1.29 is 29.0 Å². The number of carboxylic acids is 1. The number of hydrogen-bond donors (Lipinski definition) is 1. The number of nitrogens with zero attached hydrogens (tertiary/aromatic N) is 2. The minimum absolute atomic E-state index is 0.0353. The highest BCUT2D eigenvalue weighted by atomic mass is 16.5. The van der Waals surface area contributed by atoms with Gasteiger partial charge in [-0.25, -0.2) is 0 Å². The van der Waals surface area contributed by atoms with Gasteiger partial charge in [0.15, 0.2) is 0 Å². The van der Waals surface area contributed by atoms with Gasteiger partial charge in [0.1, 0.15) is 12.6 Å². The van der Waals surface area contributed by atoms with Crippen molar-refractivity contribution in [3.8, 4) is 0 Å². The van der Waals surface area contributed by atoms with Crippen LogP contribution in [-0.2, 0) is 23.9 Å². The smallest absolute Gasteiger partial charge is 0.323 e. The molecule has 0 aromatic rings. The number of ether oxygens (including phenoxy) is 2. The summed E-state index contributed by atoms with van der Waals surface area (Å²) in [6.07, 6.45) is 1.92. The van der Waals surface area contributed by atoms with Crippen molar-refractivity contribution in [3.63, 3.8) is 0 Å². The molecule has 0 aliphatic carbocycles. The van der Waals surface area contributed by atoms with Gasteiger partial charge in [0, 0.05) is 26.6 Å². The van der Waals surface area contributed by atoms with E-state index in [1.54, 1.807) is 4.90 Å². The molecule has 136 valence electrons. The number of hydrogen-bond acceptors (Lipinski definition) is 5. The third-order valence-corrected chi connectivity index (χ3v) is 4.48. The van der Waals surface area contributed by atoms with Gasteiger partial charge in [-0.05, 0) is 19.3 Å². The lowest BCUT2D eigenvalue weighted by molar-refractivity contribution is -0.153. The highest BCUT2D eigenvalue weighted by molar-refractivity contribution is 5.81. The molecule has 2 fully saturated rings. The SMILES string of the molecule is CCC1CCC(C(=O)N2CCOC(CN(CC(=O)O)C(C)=O)C2)O1. The van der Waals surface area contributed by atoms with Gasteiger partial charge in [-0.2, -0.15) is 0 Å². The average Bonchev–Trinajstić information content (AvgIpc) is 3.02. The topological polar surface area (TPSA) is 96.4 Å². The zero-order valence-corrected chi connectivity index (χ0v) is 14.3. The molecular weight excluding hydrogens is 316 g/mol. The van der Waals surface area contributed by atoms with E-state index in [1.807, 2.05) is 6.92 Å². The third kappa shape index (κ3) is 4.91. The zero-order valence-electron chi connectivity index (χ0n) is 14.3. The predicted molar refractivity (Wildman–Crippen MR) is 84.4 cm³/mol. The Hall–Kier alpha value is -1.67. The summed E-state index contributed by atoms with van der Waals surface area (Å²) in [5.74, 6) is -1.43. The average molecular weight is 342 g/mol. The minimum Gasteiger partial charge on any atom is -0.480 e.